The molecule has 3 saturated carbocycles. The van der Waals surface area contributed by atoms with E-state index in [1.54, 1.807) is 14.2 Å². The average Bonchev–Trinajstić information content (AvgIpc) is 2.92. The van der Waals surface area contributed by atoms with Crippen LogP contribution < -0.4 is 15.2 Å². The van der Waals surface area contributed by atoms with E-state index in [9.17, 15) is 0 Å². The third-order valence-electron chi connectivity index (χ3n) is 7.25. The van der Waals surface area contributed by atoms with Crippen molar-refractivity contribution in [2.24, 2.45) is 16.6 Å². The molecule has 0 heterocycles. The summed E-state index contributed by atoms with van der Waals surface area (Å²) in [6, 6.07) is 4.50. The summed E-state index contributed by atoms with van der Waals surface area (Å²) in [5.41, 5.74) is 10.8. The van der Waals surface area contributed by atoms with Crippen LogP contribution in [0.15, 0.2) is 12.1 Å². The first-order valence-electron chi connectivity index (χ1n) is 8.47. The molecular formula is C19H26ClNO2. The Labute approximate surface area is 144 Å². The topological polar surface area (TPSA) is 44.5 Å². The number of halogens is 1. The third-order valence-corrected chi connectivity index (χ3v) is 7.25. The number of benzene rings is 1. The van der Waals surface area contributed by atoms with Gasteiger partial charge in [0.25, 0.3) is 0 Å². The lowest BCUT2D eigenvalue weighted by atomic mass is 9.66. The van der Waals surface area contributed by atoms with Crippen LogP contribution in [0.5, 0.6) is 11.5 Å². The molecule has 0 aromatic heterocycles. The molecular weight excluding hydrogens is 310 g/mol. The van der Waals surface area contributed by atoms with Crippen molar-refractivity contribution in [1.82, 2.24) is 0 Å². The molecule has 4 heteroatoms. The predicted molar refractivity (Wildman–Crippen MR) is 92.8 cm³/mol. The Balaban J connectivity index is 0.00000135. The second-order valence-corrected chi connectivity index (χ2v) is 8.79. The van der Waals surface area contributed by atoms with Crippen LogP contribution in [0.2, 0.25) is 0 Å². The molecule has 3 nitrogen and oxygen atoms in total. The molecule has 2 N–H and O–H groups in total. The molecule has 5 rings (SSSR count). The van der Waals surface area contributed by atoms with Crippen LogP contribution >= 0.6 is 12.4 Å². The molecule has 0 amide bonds. The van der Waals surface area contributed by atoms with Crippen LogP contribution in [0.25, 0.3) is 0 Å². The lowest BCUT2D eigenvalue weighted by Crippen LogP contribution is -2.45. The van der Waals surface area contributed by atoms with E-state index in [2.05, 4.69) is 19.1 Å². The number of hydrogen-bond acceptors (Lipinski definition) is 3. The summed E-state index contributed by atoms with van der Waals surface area (Å²) in [7, 11) is 3.46. The van der Waals surface area contributed by atoms with E-state index in [4.69, 9.17) is 15.2 Å². The maximum absolute atomic E-state index is 6.82. The highest BCUT2D eigenvalue weighted by molar-refractivity contribution is 5.85. The molecule has 23 heavy (non-hydrogen) atoms. The molecule has 4 aliphatic carbocycles. The van der Waals surface area contributed by atoms with Gasteiger partial charge in [-0.3, -0.25) is 0 Å². The van der Waals surface area contributed by atoms with E-state index >= 15 is 0 Å². The van der Waals surface area contributed by atoms with E-state index in [0.29, 0.717) is 22.7 Å². The van der Waals surface area contributed by atoms with Gasteiger partial charge in [-0.2, -0.15) is 0 Å². The van der Waals surface area contributed by atoms with Gasteiger partial charge in [-0.25, -0.2) is 0 Å². The normalized spacial score (nSPS) is 44.7. The van der Waals surface area contributed by atoms with E-state index in [1.165, 1.54) is 36.8 Å². The highest BCUT2D eigenvalue weighted by atomic mass is 35.5. The fourth-order valence-electron chi connectivity index (χ4n) is 7.17. The fourth-order valence-corrected chi connectivity index (χ4v) is 7.17. The molecule has 5 atom stereocenters. The number of nitrogens with two attached hydrogens (primary N) is 1. The quantitative estimate of drug-likeness (QED) is 0.888. The molecule has 0 saturated heterocycles. The van der Waals surface area contributed by atoms with Crippen LogP contribution in [0, 0.1) is 10.8 Å². The van der Waals surface area contributed by atoms with Crippen LogP contribution in [-0.4, -0.2) is 19.8 Å². The molecule has 126 valence electrons. The highest BCUT2D eigenvalue weighted by Gasteiger charge is 2.71. The molecule has 0 aliphatic heterocycles. The SMILES string of the molecule is COc1cc2c(cc1OC)C1CC3(N)CC4(C)CC2C1(C4)C3.Cl. The van der Waals surface area contributed by atoms with Gasteiger partial charge in [0, 0.05) is 5.54 Å². The van der Waals surface area contributed by atoms with E-state index < -0.39 is 0 Å². The Morgan fingerprint density at radius 3 is 2.09 bits per heavy atom. The van der Waals surface area contributed by atoms with Crippen LogP contribution in [0.4, 0.5) is 0 Å². The van der Waals surface area contributed by atoms with Crippen molar-refractivity contribution in [2.45, 2.75) is 56.4 Å². The molecule has 1 spiro atoms. The van der Waals surface area contributed by atoms with Gasteiger partial charge < -0.3 is 15.2 Å². The number of methoxy groups -OCH3 is 2. The minimum absolute atomic E-state index is 0. The van der Waals surface area contributed by atoms with Crippen molar-refractivity contribution in [3.63, 3.8) is 0 Å². The van der Waals surface area contributed by atoms with Gasteiger partial charge in [0.2, 0.25) is 0 Å². The van der Waals surface area contributed by atoms with E-state index in [1.807, 2.05) is 0 Å². The molecule has 1 aromatic carbocycles. The summed E-state index contributed by atoms with van der Waals surface area (Å²) in [6.45, 7) is 2.47. The number of rotatable bonds is 2. The molecule has 0 radical (unpaired) electrons. The van der Waals surface area contributed by atoms with Gasteiger partial charge in [0.15, 0.2) is 11.5 Å². The van der Waals surface area contributed by atoms with Gasteiger partial charge in [0.05, 0.1) is 14.2 Å². The monoisotopic (exact) mass is 335 g/mol. The standard InChI is InChI=1S/C19H25NO2.ClH/c1-17-6-13-11-4-15(21-2)16(22-3)5-12(11)14-7-18(20,8-17)10-19(13,14)9-17;/h4-5,13-14H,6-10,20H2,1-3H3;1H. The van der Waals surface area contributed by atoms with Crippen molar-refractivity contribution in [3.8, 4) is 11.5 Å². The minimum atomic E-state index is 0. The number of fused-ring (bicyclic) bond motifs is 5. The average molecular weight is 336 g/mol. The van der Waals surface area contributed by atoms with Crippen molar-refractivity contribution in [1.29, 1.82) is 0 Å². The van der Waals surface area contributed by atoms with Crippen molar-refractivity contribution < 1.29 is 9.47 Å². The van der Waals surface area contributed by atoms with Crippen LogP contribution in [-0.2, 0) is 0 Å². The zero-order valence-corrected chi connectivity index (χ0v) is 15.0. The molecule has 1 aromatic rings. The third kappa shape index (κ3) is 1.70. The lowest BCUT2D eigenvalue weighted by Gasteiger charge is -2.41. The summed E-state index contributed by atoms with van der Waals surface area (Å²) < 4.78 is 11.1. The van der Waals surface area contributed by atoms with Crippen molar-refractivity contribution in [3.05, 3.63) is 23.3 Å². The minimum Gasteiger partial charge on any atom is -0.493 e. The Kier molecular flexibility index (Phi) is 2.96. The van der Waals surface area contributed by atoms with Gasteiger partial charge in [0.1, 0.15) is 0 Å². The Morgan fingerprint density at radius 2 is 1.52 bits per heavy atom. The fraction of sp³-hybridized carbons (Fsp3) is 0.684. The first-order valence-corrected chi connectivity index (χ1v) is 8.47. The highest BCUT2D eigenvalue weighted by Crippen LogP contribution is 2.80. The Morgan fingerprint density at radius 1 is 0.957 bits per heavy atom. The maximum atomic E-state index is 6.82. The maximum Gasteiger partial charge on any atom is 0.161 e. The lowest BCUT2D eigenvalue weighted by molar-refractivity contribution is 0.133. The molecule has 5 unspecified atom stereocenters. The van der Waals surface area contributed by atoms with Gasteiger partial charge >= 0.3 is 0 Å². The number of ether oxygens (including phenoxy) is 2. The van der Waals surface area contributed by atoms with Crippen LogP contribution in [0.1, 0.15) is 62.0 Å². The zero-order chi connectivity index (χ0) is 15.3. The first-order chi connectivity index (χ1) is 10.4. The second-order valence-electron chi connectivity index (χ2n) is 8.79. The zero-order valence-electron chi connectivity index (χ0n) is 14.1. The smallest absolute Gasteiger partial charge is 0.161 e. The molecule has 3 fully saturated rings. The van der Waals surface area contributed by atoms with Crippen molar-refractivity contribution in [2.75, 3.05) is 14.2 Å². The Hall–Kier alpha value is -0.930. The van der Waals surface area contributed by atoms with Crippen molar-refractivity contribution >= 4 is 12.4 Å². The second kappa shape index (κ2) is 4.37. The number of hydrogen-bond donors (Lipinski definition) is 1. The summed E-state index contributed by atoms with van der Waals surface area (Å²) >= 11 is 0. The van der Waals surface area contributed by atoms with Crippen LogP contribution in [0.3, 0.4) is 0 Å². The van der Waals surface area contributed by atoms with E-state index in [-0.39, 0.29) is 17.9 Å². The van der Waals surface area contributed by atoms with E-state index in [0.717, 1.165) is 17.9 Å². The van der Waals surface area contributed by atoms with Gasteiger partial charge in [-0.15, -0.1) is 12.4 Å². The first kappa shape index (κ1) is 15.6. The summed E-state index contributed by atoms with van der Waals surface area (Å²) in [5, 5.41) is 0. The predicted octanol–water partition coefficient (Wildman–Crippen LogP) is 3.99. The summed E-state index contributed by atoms with van der Waals surface area (Å²) in [5.74, 6) is 3.04. The molecule has 3 bridgehead atoms. The largest absolute Gasteiger partial charge is 0.493 e. The summed E-state index contributed by atoms with van der Waals surface area (Å²) in [6.07, 6.45) is 6.22. The molecule has 4 aliphatic rings. The summed E-state index contributed by atoms with van der Waals surface area (Å²) in [4.78, 5) is 0. The van der Waals surface area contributed by atoms with Gasteiger partial charge in [-0.1, -0.05) is 6.92 Å². The Bertz CT molecular complexity index is 633. The van der Waals surface area contributed by atoms with Gasteiger partial charge in [-0.05, 0) is 78.0 Å².